The van der Waals surface area contributed by atoms with Crippen molar-refractivity contribution in [3.05, 3.63) is 34.9 Å². The summed E-state index contributed by atoms with van der Waals surface area (Å²) in [6, 6.07) is 6.10. The lowest BCUT2D eigenvalue weighted by atomic mass is 10.0. The highest BCUT2D eigenvalue weighted by atomic mass is 16.2. The Bertz CT molecular complexity index is 564. The lowest BCUT2D eigenvalue weighted by molar-refractivity contribution is 0.0740. The number of unbranched alkanes of at least 4 members (excludes halogenated alkanes) is 1. The van der Waals surface area contributed by atoms with Gasteiger partial charge in [-0.2, -0.15) is 0 Å². The number of hydrogen-bond acceptors (Lipinski definition) is 2. The first-order valence-electron chi connectivity index (χ1n) is 7.68. The summed E-state index contributed by atoms with van der Waals surface area (Å²) in [5, 5.41) is 8.78. The highest BCUT2D eigenvalue weighted by Gasteiger charge is 2.33. The molecule has 0 atom stereocenters. The molecule has 1 aromatic carbocycles. The Morgan fingerprint density at radius 2 is 2.19 bits per heavy atom. The number of nitrogens with zero attached hydrogens (tertiary/aromatic N) is 1. The number of benzene rings is 1. The number of amides is 1. The summed E-state index contributed by atoms with van der Waals surface area (Å²) < 4.78 is 0. The number of hydrogen-bond donors (Lipinski definition) is 1. The van der Waals surface area contributed by atoms with Crippen LogP contribution < -0.4 is 0 Å². The van der Waals surface area contributed by atoms with Gasteiger partial charge in [-0.15, -0.1) is 0 Å². The van der Waals surface area contributed by atoms with E-state index in [-0.39, 0.29) is 12.5 Å². The van der Waals surface area contributed by atoms with Crippen LogP contribution in [0.5, 0.6) is 0 Å². The van der Waals surface area contributed by atoms with Crippen molar-refractivity contribution in [3.8, 4) is 11.8 Å². The van der Waals surface area contributed by atoms with Crippen LogP contribution in [-0.2, 0) is 0 Å². The summed E-state index contributed by atoms with van der Waals surface area (Å²) in [6.07, 6.45) is 4.39. The van der Waals surface area contributed by atoms with Crippen molar-refractivity contribution in [2.24, 2.45) is 0 Å². The molecule has 0 radical (unpaired) electrons. The molecule has 1 aromatic rings. The van der Waals surface area contributed by atoms with E-state index < -0.39 is 0 Å². The summed E-state index contributed by atoms with van der Waals surface area (Å²) in [6.45, 7) is 4.78. The predicted octanol–water partition coefficient (Wildman–Crippen LogP) is 2.74. The molecular weight excluding hydrogens is 262 g/mol. The quantitative estimate of drug-likeness (QED) is 0.845. The minimum atomic E-state index is -0.165. The lowest BCUT2D eigenvalue weighted by Gasteiger charge is -2.23. The number of aliphatic hydroxyl groups is 1. The van der Waals surface area contributed by atoms with Crippen molar-refractivity contribution >= 4 is 5.91 Å². The summed E-state index contributed by atoms with van der Waals surface area (Å²) >= 11 is 0. The molecule has 0 spiro atoms. The third-order valence-corrected chi connectivity index (χ3v) is 3.78. The largest absolute Gasteiger partial charge is 0.384 e. The van der Waals surface area contributed by atoms with Crippen LogP contribution in [0.15, 0.2) is 18.2 Å². The van der Waals surface area contributed by atoms with Crippen LogP contribution in [0.3, 0.4) is 0 Å². The molecule has 21 heavy (non-hydrogen) atoms. The van der Waals surface area contributed by atoms with Gasteiger partial charge in [0.1, 0.15) is 6.61 Å². The van der Waals surface area contributed by atoms with E-state index in [1.165, 1.54) is 0 Å². The predicted molar refractivity (Wildman–Crippen MR) is 84.1 cm³/mol. The number of aliphatic hydroxyl groups excluding tert-OH is 1. The minimum Gasteiger partial charge on any atom is -0.384 e. The zero-order valence-corrected chi connectivity index (χ0v) is 12.9. The molecule has 0 heterocycles. The van der Waals surface area contributed by atoms with E-state index in [1.807, 2.05) is 30.0 Å². The maximum absolute atomic E-state index is 12.8. The Balaban J connectivity index is 2.23. The van der Waals surface area contributed by atoms with E-state index in [1.54, 1.807) is 0 Å². The van der Waals surface area contributed by atoms with Gasteiger partial charge in [-0.05, 0) is 43.9 Å². The second-order valence-electron chi connectivity index (χ2n) is 5.57. The monoisotopic (exact) mass is 285 g/mol. The first kappa shape index (κ1) is 15.6. The fourth-order valence-corrected chi connectivity index (χ4v) is 2.39. The minimum absolute atomic E-state index is 0.121. The van der Waals surface area contributed by atoms with Crippen LogP contribution in [0.25, 0.3) is 0 Å². The average Bonchev–Trinajstić information content (AvgIpc) is 3.31. The first-order chi connectivity index (χ1) is 10.2. The number of carbonyl (C=O) groups excluding carboxylic acids is 1. The molecule has 1 fully saturated rings. The fourth-order valence-electron chi connectivity index (χ4n) is 2.39. The summed E-state index contributed by atoms with van der Waals surface area (Å²) in [4.78, 5) is 14.8. The second-order valence-corrected chi connectivity index (χ2v) is 5.57. The Morgan fingerprint density at radius 3 is 2.81 bits per heavy atom. The second kappa shape index (κ2) is 7.28. The van der Waals surface area contributed by atoms with E-state index >= 15 is 0 Å². The summed E-state index contributed by atoms with van der Waals surface area (Å²) in [5.74, 6) is 5.62. The van der Waals surface area contributed by atoms with Crippen LogP contribution >= 0.6 is 0 Å². The summed E-state index contributed by atoms with van der Waals surface area (Å²) in [5.41, 5.74) is 2.50. The van der Waals surface area contributed by atoms with Crippen molar-refractivity contribution in [1.82, 2.24) is 4.90 Å². The molecule has 0 aliphatic heterocycles. The first-order valence-corrected chi connectivity index (χ1v) is 7.68. The Hall–Kier alpha value is -1.79. The van der Waals surface area contributed by atoms with Crippen molar-refractivity contribution in [1.29, 1.82) is 0 Å². The number of rotatable bonds is 5. The van der Waals surface area contributed by atoms with Crippen molar-refractivity contribution in [2.45, 2.75) is 45.6 Å². The van der Waals surface area contributed by atoms with E-state index in [2.05, 4.69) is 18.8 Å². The van der Waals surface area contributed by atoms with Gasteiger partial charge in [0, 0.05) is 23.7 Å². The molecule has 1 N–H and O–H groups in total. The van der Waals surface area contributed by atoms with Crippen LogP contribution in [0.1, 0.15) is 54.1 Å². The molecule has 3 nitrogen and oxygen atoms in total. The van der Waals surface area contributed by atoms with Gasteiger partial charge in [0.2, 0.25) is 0 Å². The topological polar surface area (TPSA) is 40.5 Å². The van der Waals surface area contributed by atoms with E-state index in [0.29, 0.717) is 6.04 Å². The number of aryl methyl sites for hydroxylation is 1. The third-order valence-electron chi connectivity index (χ3n) is 3.78. The molecule has 0 aromatic heterocycles. The van der Waals surface area contributed by atoms with Crippen LogP contribution in [0.4, 0.5) is 0 Å². The van der Waals surface area contributed by atoms with Crippen molar-refractivity contribution in [2.75, 3.05) is 13.2 Å². The van der Waals surface area contributed by atoms with E-state index in [9.17, 15) is 4.79 Å². The van der Waals surface area contributed by atoms with Gasteiger partial charge >= 0.3 is 0 Å². The van der Waals surface area contributed by atoms with Crippen molar-refractivity contribution in [3.63, 3.8) is 0 Å². The third kappa shape index (κ3) is 4.09. The fraction of sp³-hybridized carbons (Fsp3) is 0.500. The normalized spacial score (nSPS) is 13.5. The molecule has 1 aliphatic rings. The zero-order valence-electron chi connectivity index (χ0n) is 12.9. The average molecular weight is 285 g/mol. The Morgan fingerprint density at radius 1 is 1.43 bits per heavy atom. The highest BCUT2D eigenvalue weighted by molar-refractivity contribution is 5.96. The van der Waals surface area contributed by atoms with Gasteiger partial charge in [-0.25, -0.2) is 0 Å². The van der Waals surface area contributed by atoms with Crippen LogP contribution in [-0.4, -0.2) is 35.1 Å². The molecule has 0 bridgehead atoms. The van der Waals surface area contributed by atoms with Gasteiger partial charge in [0.15, 0.2) is 0 Å². The van der Waals surface area contributed by atoms with Crippen LogP contribution in [0.2, 0.25) is 0 Å². The zero-order chi connectivity index (χ0) is 15.2. The molecule has 1 aliphatic carbocycles. The van der Waals surface area contributed by atoms with Gasteiger partial charge in [0.05, 0.1) is 0 Å². The molecule has 2 rings (SSSR count). The molecule has 112 valence electrons. The Kier molecular flexibility index (Phi) is 5.41. The Labute approximate surface area is 127 Å². The molecular formula is C18H23NO2. The molecule has 0 saturated heterocycles. The van der Waals surface area contributed by atoms with Gasteiger partial charge < -0.3 is 10.0 Å². The van der Waals surface area contributed by atoms with E-state index in [4.69, 9.17) is 5.11 Å². The summed E-state index contributed by atoms with van der Waals surface area (Å²) in [7, 11) is 0. The van der Waals surface area contributed by atoms with Crippen LogP contribution in [0, 0.1) is 18.8 Å². The van der Waals surface area contributed by atoms with Gasteiger partial charge in [-0.3, -0.25) is 4.79 Å². The molecule has 1 amide bonds. The SMILES string of the molecule is CCCCN(C(=O)c1cc(C#CCO)ccc1C)C1CC1. The van der Waals surface area contributed by atoms with Gasteiger partial charge in [-0.1, -0.05) is 31.3 Å². The highest BCUT2D eigenvalue weighted by Crippen LogP contribution is 2.29. The molecule has 3 heteroatoms. The van der Waals surface area contributed by atoms with Gasteiger partial charge in [0.25, 0.3) is 5.91 Å². The smallest absolute Gasteiger partial charge is 0.254 e. The number of carbonyl (C=O) groups is 1. The maximum Gasteiger partial charge on any atom is 0.254 e. The molecule has 1 saturated carbocycles. The molecule has 0 unspecified atom stereocenters. The van der Waals surface area contributed by atoms with Crippen molar-refractivity contribution < 1.29 is 9.90 Å². The lowest BCUT2D eigenvalue weighted by Crippen LogP contribution is -2.34. The maximum atomic E-state index is 12.8. The standard InChI is InChI=1S/C18H23NO2/c1-3-4-11-19(16-9-10-16)18(21)17-13-15(6-5-12-20)8-7-14(17)2/h7-8,13,16,20H,3-4,9-12H2,1-2H3. The van der Waals surface area contributed by atoms with E-state index in [0.717, 1.165) is 48.9 Å².